The molecule has 3 aromatic carbocycles. The molecule has 1 saturated heterocycles. The molecule has 2 saturated carbocycles. The second kappa shape index (κ2) is 16.4. The Kier molecular flexibility index (Phi) is 12.0. The van der Waals surface area contributed by atoms with Crippen molar-refractivity contribution < 1.29 is 58.3 Å². The van der Waals surface area contributed by atoms with Gasteiger partial charge >= 0.3 is 18.1 Å². The van der Waals surface area contributed by atoms with Crippen molar-refractivity contribution in [2.75, 3.05) is 6.61 Å². The molecule has 0 radical (unpaired) electrons. The molecule has 0 spiro atoms. The van der Waals surface area contributed by atoms with Crippen molar-refractivity contribution in [3.8, 4) is 0 Å². The maximum Gasteiger partial charge on any atom is 0.373 e. The van der Waals surface area contributed by atoms with Crippen LogP contribution in [0.2, 0.25) is 0 Å². The number of carbonyl (C=O) groups is 4. The zero-order chi connectivity index (χ0) is 43.1. The van der Waals surface area contributed by atoms with Gasteiger partial charge in [-0.25, -0.2) is 4.79 Å². The predicted octanol–water partition coefficient (Wildman–Crippen LogP) is 4.41. The van der Waals surface area contributed by atoms with Gasteiger partial charge in [0.05, 0.1) is 35.9 Å². The number of rotatable bonds is 8. The van der Waals surface area contributed by atoms with Crippen LogP contribution in [0, 0.1) is 22.2 Å². The van der Waals surface area contributed by atoms with Crippen LogP contribution in [0.5, 0.6) is 0 Å². The lowest BCUT2D eigenvalue weighted by Crippen LogP contribution is -2.75. The fourth-order valence-electron chi connectivity index (χ4n) is 10.5. The largest absolute Gasteiger partial charge is 0.456 e. The monoisotopic (exact) mass is 809 g/mol. The van der Waals surface area contributed by atoms with Gasteiger partial charge < -0.3 is 34.8 Å². The summed E-state index contributed by atoms with van der Waals surface area (Å²) in [5, 5.41) is 40.3. The minimum absolute atomic E-state index is 0.162. The smallest absolute Gasteiger partial charge is 0.373 e. The van der Waals surface area contributed by atoms with Crippen LogP contribution in [0.3, 0.4) is 0 Å². The Morgan fingerprint density at radius 2 is 1.46 bits per heavy atom. The van der Waals surface area contributed by atoms with E-state index in [0.717, 1.165) is 5.56 Å². The standard InChI is InChI=1S/C45H51NO10.CO2/c1-25-30(56-41(52)36(49)35(28-18-12-8-13-19-28)46-40(51)29-20-14-9-15-21-29)23-45(53)34(27-16-10-7-11-17-27)38-43(5)24-54-32(43)22-31(48)44(38,6)39(50)37(55-26(2)47)33(25)42(45,3)4;2-1-3/h7-21,30-32,34-38,48-49,53H,22-24H2,1-6H3,(H,46,51);/t30-,31-,32+,34-,35-,36+,37+,38?,43+,44+,45+;/m0./s1. The first-order chi connectivity index (χ1) is 27.9. The van der Waals surface area contributed by atoms with Gasteiger partial charge in [0, 0.05) is 42.1 Å². The Bertz CT molecular complexity index is 2130. The molecule has 4 N–H and O–H groups in total. The molecule has 3 fully saturated rings. The van der Waals surface area contributed by atoms with E-state index in [4.69, 9.17) is 23.8 Å². The Labute approximate surface area is 342 Å². The average molecular weight is 810 g/mol. The van der Waals surface area contributed by atoms with E-state index in [0.29, 0.717) is 16.7 Å². The highest BCUT2D eigenvalue weighted by atomic mass is 16.6. The van der Waals surface area contributed by atoms with Crippen LogP contribution in [-0.4, -0.2) is 87.8 Å². The summed E-state index contributed by atoms with van der Waals surface area (Å²) < 4.78 is 18.2. The van der Waals surface area contributed by atoms with Gasteiger partial charge in [-0.2, -0.15) is 9.59 Å². The van der Waals surface area contributed by atoms with Gasteiger partial charge in [-0.05, 0) is 54.2 Å². The molecule has 1 amide bonds. The molecule has 1 unspecified atom stereocenters. The van der Waals surface area contributed by atoms with E-state index in [1.54, 1.807) is 74.5 Å². The first-order valence-corrected chi connectivity index (χ1v) is 19.7. The second-order valence-corrected chi connectivity index (χ2v) is 17.1. The normalized spacial score (nSPS) is 32.7. The molecule has 3 aromatic rings. The first-order valence-electron chi connectivity index (χ1n) is 19.7. The fraction of sp³-hybridized carbons (Fsp3) is 0.457. The second-order valence-electron chi connectivity index (χ2n) is 17.1. The minimum Gasteiger partial charge on any atom is -0.456 e. The van der Waals surface area contributed by atoms with Gasteiger partial charge in [0.25, 0.3) is 5.91 Å². The molecule has 0 aromatic heterocycles. The van der Waals surface area contributed by atoms with Crippen molar-refractivity contribution in [2.24, 2.45) is 22.2 Å². The van der Waals surface area contributed by atoms with Gasteiger partial charge in [-0.1, -0.05) is 99.6 Å². The summed E-state index contributed by atoms with van der Waals surface area (Å²) in [6.07, 6.45) is -5.96. The summed E-state index contributed by atoms with van der Waals surface area (Å²) in [6, 6.07) is 25.1. The quantitative estimate of drug-likeness (QED) is 0.185. The lowest BCUT2D eigenvalue weighted by Gasteiger charge is -2.69. The van der Waals surface area contributed by atoms with E-state index in [9.17, 15) is 29.7 Å². The summed E-state index contributed by atoms with van der Waals surface area (Å²) in [7, 11) is 0. The molecule has 59 heavy (non-hydrogen) atoms. The number of fused-ring (bicyclic) bond motifs is 5. The molecule has 1 aliphatic heterocycles. The number of nitrogens with one attached hydrogen (secondary N) is 1. The molecule has 13 heteroatoms. The summed E-state index contributed by atoms with van der Waals surface area (Å²) in [6.45, 7) is 10.5. The van der Waals surface area contributed by atoms with Crippen molar-refractivity contribution in [3.05, 3.63) is 119 Å². The summed E-state index contributed by atoms with van der Waals surface area (Å²) in [4.78, 5) is 72.1. The SMILES string of the molecule is CC(=O)O[C@H]1C(=O)[C@@]2(C)C([C@H](c3ccccc3)[C@]3(O)C[C@H](OC(=O)[C@H](O)[C@@H](NC(=O)c4ccccc4)c4ccccc4)C(C)=C1C3(C)C)[C@]1(C)CO[C@@H]1C[C@@H]2O.O=C=O. The summed E-state index contributed by atoms with van der Waals surface area (Å²) in [5.74, 6) is -4.39. The number of hydrogen-bond acceptors (Lipinski definition) is 12. The minimum atomic E-state index is -1.89. The summed E-state index contributed by atoms with van der Waals surface area (Å²) >= 11 is 0. The molecule has 1 heterocycles. The lowest BCUT2D eigenvalue weighted by molar-refractivity contribution is -0.294. The highest BCUT2D eigenvalue weighted by Gasteiger charge is 2.74. The van der Waals surface area contributed by atoms with Crippen LogP contribution in [0.25, 0.3) is 0 Å². The van der Waals surface area contributed by atoms with E-state index in [-0.39, 0.29) is 31.2 Å². The molecular formula is C46H51NO12. The van der Waals surface area contributed by atoms with E-state index in [2.05, 4.69) is 5.32 Å². The van der Waals surface area contributed by atoms with Gasteiger partial charge in [0.2, 0.25) is 0 Å². The third-order valence-corrected chi connectivity index (χ3v) is 13.6. The van der Waals surface area contributed by atoms with Gasteiger partial charge in [0.15, 0.2) is 18.0 Å². The predicted molar refractivity (Wildman–Crippen MR) is 210 cm³/mol. The molecule has 2 bridgehead atoms. The zero-order valence-corrected chi connectivity index (χ0v) is 33.9. The van der Waals surface area contributed by atoms with E-state index >= 15 is 4.79 Å². The molecule has 3 aliphatic carbocycles. The molecule has 4 aliphatic rings. The number of aliphatic hydroxyl groups excluding tert-OH is 2. The Morgan fingerprint density at radius 3 is 2.00 bits per heavy atom. The van der Waals surface area contributed by atoms with Crippen molar-refractivity contribution in [2.45, 2.75) is 102 Å². The number of aliphatic hydroxyl groups is 3. The lowest BCUT2D eigenvalue weighted by atomic mass is 9.39. The van der Waals surface area contributed by atoms with Gasteiger partial charge in [-0.15, -0.1) is 0 Å². The molecule has 7 rings (SSSR count). The van der Waals surface area contributed by atoms with Crippen LogP contribution in [0.4, 0.5) is 0 Å². The van der Waals surface area contributed by atoms with Gasteiger partial charge in [0.1, 0.15) is 6.10 Å². The van der Waals surface area contributed by atoms with Crippen LogP contribution in [0.1, 0.15) is 87.8 Å². The fourth-order valence-corrected chi connectivity index (χ4v) is 10.5. The highest BCUT2D eigenvalue weighted by Crippen LogP contribution is 2.69. The molecular weight excluding hydrogens is 759 g/mol. The Morgan fingerprint density at radius 1 is 0.898 bits per heavy atom. The van der Waals surface area contributed by atoms with Gasteiger partial charge in [-0.3, -0.25) is 14.4 Å². The number of Topliss-reactive ketones (excluding diaryl/α,β-unsaturated/α-hetero) is 1. The molecule has 13 nitrogen and oxygen atoms in total. The molecule has 11 atom stereocenters. The number of carbonyl (C=O) groups excluding carboxylic acids is 6. The van der Waals surface area contributed by atoms with Crippen molar-refractivity contribution >= 4 is 29.8 Å². The Hall–Kier alpha value is -5.30. The third-order valence-electron chi connectivity index (χ3n) is 13.6. The summed E-state index contributed by atoms with van der Waals surface area (Å²) in [5.41, 5.74) is -3.13. The van der Waals surface area contributed by atoms with Crippen molar-refractivity contribution in [1.82, 2.24) is 5.32 Å². The van der Waals surface area contributed by atoms with Crippen LogP contribution in [0.15, 0.2) is 102 Å². The van der Waals surface area contributed by atoms with Crippen LogP contribution < -0.4 is 5.32 Å². The average Bonchev–Trinajstić information content (AvgIpc) is 3.21. The van der Waals surface area contributed by atoms with Crippen molar-refractivity contribution in [1.29, 1.82) is 0 Å². The number of esters is 2. The number of hydrogen-bond donors (Lipinski definition) is 4. The van der Waals surface area contributed by atoms with E-state index < -0.39 is 93.9 Å². The zero-order valence-electron chi connectivity index (χ0n) is 33.9. The van der Waals surface area contributed by atoms with Crippen LogP contribution >= 0.6 is 0 Å². The topological polar surface area (TPSA) is 203 Å². The van der Waals surface area contributed by atoms with Crippen molar-refractivity contribution in [3.63, 3.8) is 0 Å². The van der Waals surface area contributed by atoms with E-state index in [1.165, 1.54) is 6.92 Å². The highest BCUT2D eigenvalue weighted by molar-refractivity contribution is 5.96. The number of ether oxygens (including phenoxy) is 3. The maximum atomic E-state index is 15.4. The molecule has 312 valence electrons. The maximum absolute atomic E-state index is 15.4. The number of amides is 1. The Balaban J connectivity index is 0.00000189. The number of benzene rings is 3. The van der Waals surface area contributed by atoms with E-state index in [1.807, 2.05) is 51.1 Å². The third kappa shape index (κ3) is 7.25. The first kappa shape index (κ1) is 43.3. The number of ketones is 1. The van der Waals surface area contributed by atoms with Crippen LogP contribution in [-0.2, 0) is 38.2 Å².